The van der Waals surface area contributed by atoms with Crippen LogP contribution in [0.1, 0.15) is 18.4 Å². The van der Waals surface area contributed by atoms with Gasteiger partial charge in [0.1, 0.15) is 11.1 Å². The van der Waals surface area contributed by atoms with Gasteiger partial charge in [0.05, 0.1) is 17.8 Å². The average Bonchev–Trinajstić information content (AvgIpc) is 3.25. The van der Waals surface area contributed by atoms with Gasteiger partial charge in [0, 0.05) is 30.6 Å². The van der Waals surface area contributed by atoms with Crippen LogP contribution in [-0.2, 0) is 0 Å². The van der Waals surface area contributed by atoms with Gasteiger partial charge in [-0.15, -0.1) is 0 Å². The van der Waals surface area contributed by atoms with E-state index in [1.165, 1.54) is 6.39 Å². The third-order valence-electron chi connectivity index (χ3n) is 5.48. The molecule has 4 aromatic rings. The van der Waals surface area contributed by atoms with Crippen LogP contribution in [0.2, 0.25) is 0 Å². The summed E-state index contributed by atoms with van der Waals surface area (Å²) < 4.78 is 10.6. The molecule has 150 valence electrons. The number of nitrogens with zero attached hydrogens (tertiary/aromatic N) is 2. The topological polar surface area (TPSA) is 71.5 Å². The summed E-state index contributed by atoms with van der Waals surface area (Å²) in [6.45, 7) is 2.64. The van der Waals surface area contributed by atoms with Crippen molar-refractivity contribution in [3.63, 3.8) is 0 Å². The molecule has 6 heteroatoms. The maximum absolute atomic E-state index is 11.9. The first-order valence-corrected chi connectivity index (χ1v) is 10.1. The minimum atomic E-state index is -0.328. The second kappa shape index (κ2) is 8.05. The van der Waals surface area contributed by atoms with Gasteiger partial charge in [0.25, 0.3) is 0 Å². The number of nitrogens with one attached hydrogen (secondary N) is 1. The van der Waals surface area contributed by atoms with Gasteiger partial charge in [0.2, 0.25) is 0 Å². The summed E-state index contributed by atoms with van der Waals surface area (Å²) in [5.41, 5.74) is 3.60. The molecule has 0 amide bonds. The number of hydrogen-bond donors (Lipinski definition) is 1. The second-order valence-electron chi connectivity index (χ2n) is 7.48. The van der Waals surface area contributed by atoms with Crippen LogP contribution in [0.4, 0.5) is 5.69 Å². The van der Waals surface area contributed by atoms with E-state index in [4.69, 9.17) is 8.83 Å². The van der Waals surface area contributed by atoms with Crippen LogP contribution in [-0.4, -0.2) is 35.6 Å². The summed E-state index contributed by atoms with van der Waals surface area (Å²) in [5.74, 6) is 6.49. The van der Waals surface area contributed by atoms with E-state index in [2.05, 4.69) is 27.0 Å². The summed E-state index contributed by atoms with van der Waals surface area (Å²) in [4.78, 5) is 18.5. The monoisotopic (exact) mass is 399 g/mol. The van der Waals surface area contributed by atoms with Crippen molar-refractivity contribution in [2.75, 3.05) is 25.0 Å². The summed E-state index contributed by atoms with van der Waals surface area (Å²) in [6.07, 6.45) is 3.44. The molecule has 0 saturated carbocycles. The molecule has 0 bridgehead atoms. The number of anilines is 1. The number of aromatic nitrogens is 1. The number of oxazole rings is 1. The number of para-hydroxylation sites is 2. The lowest BCUT2D eigenvalue weighted by Crippen LogP contribution is -2.39. The number of fused-ring (bicyclic) bond motifs is 2. The Morgan fingerprint density at radius 3 is 2.83 bits per heavy atom. The third kappa shape index (κ3) is 3.80. The first kappa shape index (κ1) is 18.5. The average molecular weight is 399 g/mol. The normalized spacial score (nSPS) is 15.2. The zero-order chi connectivity index (χ0) is 20.3. The van der Waals surface area contributed by atoms with E-state index < -0.39 is 0 Å². The van der Waals surface area contributed by atoms with Gasteiger partial charge >= 0.3 is 5.63 Å². The largest absolute Gasteiger partial charge is 0.443 e. The molecule has 1 fully saturated rings. The highest BCUT2D eigenvalue weighted by Crippen LogP contribution is 2.24. The lowest BCUT2D eigenvalue weighted by atomic mass is 10.0. The molecule has 1 N–H and O–H groups in total. The summed E-state index contributed by atoms with van der Waals surface area (Å²) in [7, 11) is 0. The predicted molar refractivity (Wildman–Crippen MR) is 116 cm³/mol. The van der Waals surface area contributed by atoms with Crippen LogP contribution in [0.5, 0.6) is 0 Å². The van der Waals surface area contributed by atoms with Gasteiger partial charge in [-0.25, -0.2) is 9.78 Å². The van der Waals surface area contributed by atoms with Gasteiger partial charge in [-0.05, 0) is 37.1 Å². The van der Waals surface area contributed by atoms with E-state index in [9.17, 15) is 4.79 Å². The molecule has 3 heterocycles. The minimum Gasteiger partial charge on any atom is -0.443 e. The van der Waals surface area contributed by atoms with Crippen LogP contribution in [0.3, 0.4) is 0 Å². The Balaban J connectivity index is 1.21. The van der Waals surface area contributed by atoms with E-state index in [1.54, 1.807) is 6.07 Å². The van der Waals surface area contributed by atoms with E-state index in [0.29, 0.717) is 11.6 Å². The van der Waals surface area contributed by atoms with Crippen molar-refractivity contribution >= 4 is 27.8 Å². The van der Waals surface area contributed by atoms with Crippen LogP contribution >= 0.6 is 0 Å². The molecule has 6 nitrogen and oxygen atoms in total. The molecule has 1 saturated heterocycles. The zero-order valence-electron chi connectivity index (χ0n) is 16.4. The lowest BCUT2D eigenvalue weighted by Gasteiger charge is -2.31. The van der Waals surface area contributed by atoms with Gasteiger partial charge < -0.3 is 14.2 Å². The standard InChI is InChI=1S/C24H21N3O3/c28-23-15-20(19-7-1-2-8-21(19)30-23)26-18-10-13-27(14-11-18)12-4-6-17-5-3-9-22-24(17)25-16-29-22/h1-3,5,7-9,15-16,18,26H,10-14H2. The molecule has 0 aliphatic carbocycles. The number of likely N-dealkylation sites (tertiary alicyclic amines) is 1. The third-order valence-corrected chi connectivity index (χ3v) is 5.48. The van der Waals surface area contributed by atoms with E-state index in [-0.39, 0.29) is 5.63 Å². The Bertz CT molecular complexity index is 1300. The van der Waals surface area contributed by atoms with Crippen LogP contribution in [0.25, 0.3) is 22.1 Å². The smallest absolute Gasteiger partial charge is 0.338 e. The molecular formula is C24H21N3O3. The SMILES string of the molecule is O=c1cc(NC2CCN(CC#Cc3cccc4ocnc34)CC2)c2ccccc2o1. The first-order chi connectivity index (χ1) is 14.8. The van der Waals surface area contributed by atoms with Crippen molar-refractivity contribution in [3.05, 3.63) is 70.9 Å². The van der Waals surface area contributed by atoms with Crippen molar-refractivity contribution < 1.29 is 8.83 Å². The number of piperidine rings is 1. The summed E-state index contributed by atoms with van der Waals surface area (Å²) in [5, 5.41) is 4.48. The van der Waals surface area contributed by atoms with Crippen molar-refractivity contribution in [2.24, 2.45) is 0 Å². The van der Waals surface area contributed by atoms with Gasteiger partial charge in [-0.1, -0.05) is 30.0 Å². The minimum absolute atomic E-state index is 0.322. The van der Waals surface area contributed by atoms with Gasteiger partial charge in [0.15, 0.2) is 12.0 Å². The fourth-order valence-corrected chi connectivity index (χ4v) is 3.92. The molecule has 0 unspecified atom stereocenters. The highest BCUT2D eigenvalue weighted by molar-refractivity contribution is 5.89. The number of benzene rings is 2. The van der Waals surface area contributed by atoms with Crippen molar-refractivity contribution in [1.82, 2.24) is 9.88 Å². The molecule has 1 aliphatic rings. The Morgan fingerprint density at radius 2 is 1.93 bits per heavy atom. The Morgan fingerprint density at radius 1 is 1.10 bits per heavy atom. The lowest BCUT2D eigenvalue weighted by molar-refractivity contribution is 0.243. The highest BCUT2D eigenvalue weighted by atomic mass is 16.4. The molecule has 1 aliphatic heterocycles. The second-order valence-corrected chi connectivity index (χ2v) is 7.48. The van der Waals surface area contributed by atoms with E-state index >= 15 is 0 Å². The molecule has 0 radical (unpaired) electrons. The summed E-state index contributed by atoms with van der Waals surface area (Å²) in [6, 6.07) is 15.3. The fourth-order valence-electron chi connectivity index (χ4n) is 3.92. The van der Waals surface area contributed by atoms with Crippen molar-refractivity contribution in [1.29, 1.82) is 0 Å². The quantitative estimate of drug-likeness (QED) is 0.417. The molecular weight excluding hydrogens is 378 g/mol. The predicted octanol–water partition coefficient (Wildman–Crippen LogP) is 3.86. The molecule has 0 atom stereocenters. The highest BCUT2D eigenvalue weighted by Gasteiger charge is 2.19. The maximum Gasteiger partial charge on any atom is 0.338 e. The fraction of sp³-hybridized carbons (Fsp3) is 0.250. The van der Waals surface area contributed by atoms with Crippen LogP contribution in [0, 0.1) is 11.8 Å². The first-order valence-electron chi connectivity index (χ1n) is 10.1. The molecule has 2 aromatic carbocycles. The number of hydrogen-bond acceptors (Lipinski definition) is 6. The summed E-state index contributed by atoms with van der Waals surface area (Å²) >= 11 is 0. The molecule has 30 heavy (non-hydrogen) atoms. The Labute approximate surface area is 173 Å². The van der Waals surface area contributed by atoms with Gasteiger partial charge in [-0.2, -0.15) is 0 Å². The Kier molecular flexibility index (Phi) is 4.96. The molecule has 5 rings (SSSR count). The van der Waals surface area contributed by atoms with E-state index in [1.807, 2.05) is 42.5 Å². The van der Waals surface area contributed by atoms with Crippen molar-refractivity contribution in [3.8, 4) is 11.8 Å². The molecule has 0 spiro atoms. The van der Waals surface area contributed by atoms with Gasteiger partial charge in [-0.3, -0.25) is 4.90 Å². The van der Waals surface area contributed by atoms with Crippen LogP contribution in [0.15, 0.2) is 68.6 Å². The van der Waals surface area contributed by atoms with E-state index in [0.717, 1.165) is 60.2 Å². The zero-order valence-corrected chi connectivity index (χ0v) is 16.4. The molecule has 2 aromatic heterocycles. The van der Waals surface area contributed by atoms with Crippen molar-refractivity contribution in [2.45, 2.75) is 18.9 Å². The van der Waals surface area contributed by atoms with Crippen LogP contribution < -0.4 is 10.9 Å². The Hall–Kier alpha value is -3.56. The number of rotatable bonds is 3. The maximum atomic E-state index is 11.9.